The molecular weight excluding hydrogens is 284 g/mol. The van der Waals surface area contributed by atoms with Crippen molar-refractivity contribution in [3.8, 4) is 11.5 Å². The summed E-state index contributed by atoms with van der Waals surface area (Å²) in [5.41, 5.74) is 5.50. The van der Waals surface area contributed by atoms with E-state index in [2.05, 4.69) is 24.3 Å². The lowest BCUT2D eigenvalue weighted by molar-refractivity contribution is 0.112. The Balaban J connectivity index is 1.74. The first-order chi connectivity index (χ1) is 11.3. The molecule has 0 radical (unpaired) electrons. The zero-order valence-corrected chi connectivity index (χ0v) is 12.7. The molecule has 1 aliphatic rings. The van der Waals surface area contributed by atoms with Crippen molar-refractivity contribution in [1.29, 1.82) is 0 Å². The van der Waals surface area contributed by atoms with Crippen LogP contribution in [0.3, 0.4) is 0 Å². The van der Waals surface area contributed by atoms with Gasteiger partial charge in [0, 0.05) is 12.0 Å². The molecule has 2 nitrogen and oxygen atoms in total. The van der Waals surface area contributed by atoms with Crippen molar-refractivity contribution in [3.63, 3.8) is 0 Å². The molecule has 0 aromatic heterocycles. The van der Waals surface area contributed by atoms with Gasteiger partial charge < -0.3 is 4.74 Å². The third kappa shape index (κ3) is 2.76. The number of hydrogen-bond acceptors (Lipinski definition) is 2. The van der Waals surface area contributed by atoms with Gasteiger partial charge in [0.15, 0.2) is 17.8 Å². The smallest absolute Gasteiger partial charge is 0.180 e. The average molecular weight is 300 g/mol. The Morgan fingerprint density at radius 1 is 0.783 bits per heavy atom. The van der Waals surface area contributed by atoms with Gasteiger partial charge in [0.25, 0.3) is 0 Å². The van der Waals surface area contributed by atoms with Gasteiger partial charge in [-0.15, -0.1) is 0 Å². The fraction of sp³-hybridized carbons (Fsp3) is 0.0952. The van der Waals surface area contributed by atoms with Gasteiger partial charge in [-0.2, -0.15) is 0 Å². The fourth-order valence-electron chi connectivity index (χ4n) is 3.01. The Labute approximate surface area is 135 Å². The van der Waals surface area contributed by atoms with Gasteiger partial charge in [0.1, 0.15) is 0 Å². The lowest BCUT2D eigenvalue weighted by atomic mass is 9.94. The van der Waals surface area contributed by atoms with Crippen LogP contribution in [-0.4, -0.2) is 6.29 Å². The van der Waals surface area contributed by atoms with Gasteiger partial charge in [-0.1, -0.05) is 60.7 Å². The highest BCUT2D eigenvalue weighted by Crippen LogP contribution is 2.52. The van der Waals surface area contributed by atoms with Crippen LogP contribution in [0.1, 0.15) is 32.6 Å². The van der Waals surface area contributed by atoms with Crippen LogP contribution in [0.2, 0.25) is 0 Å². The molecule has 0 unspecified atom stereocenters. The van der Waals surface area contributed by atoms with Crippen LogP contribution in [0, 0.1) is 0 Å². The molecule has 23 heavy (non-hydrogen) atoms. The van der Waals surface area contributed by atoms with Crippen molar-refractivity contribution < 1.29 is 9.53 Å². The quantitative estimate of drug-likeness (QED) is 0.392. The van der Waals surface area contributed by atoms with Crippen molar-refractivity contribution in [1.82, 2.24) is 0 Å². The zero-order valence-electron chi connectivity index (χ0n) is 12.7. The summed E-state index contributed by atoms with van der Waals surface area (Å²) in [6.07, 6.45) is 2.51. The predicted molar refractivity (Wildman–Crippen MR) is 90.4 cm³/mol. The molecule has 0 N–H and O–H groups in total. The van der Waals surface area contributed by atoms with Crippen molar-refractivity contribution in [2.24, 2.45) is 0 Å². The number of fused-ring (bicyclic) bond motifs is 1. The van der Waals surface area contributed by atoms with E-state index in [0.29, 0.717) is 5.56 Å². The minimum atomic E-state index is 0.655. The molecule has 112 valence electrons. The van der Waals surface area contributed by atoms with E-state index in [1.807, 2.05) is 42.5 Å². The SMILES string of the molecule is O=Cc1cc(Cc2ccccc2)c(Cc2ccccc2)c2c1O2. The molecule has 0 saturated heterocycles. The van der Waals surface area contributed by atoms with Crippen LogP contribution < -0.4 is 4.74 Å². The first-order valence-corrected chi connectivity index (χ1v) is 7.75. The Hall–Kier alpha value is -2.87. The summed E-state index contributed by atoms with van der Waals surface area (Å²) in [5.74, 6) is 1.65. The summed E-state index contributed by atoms with van der Waals surface area (Å²) in [4.78, 5) is 11.3. The Morgan fingerprint density at radius 3 is 2.00 bits per heavy atom. The Morgan fingerprint density at radius 2 is 1.39 bits per heavy atom. The predicted octanol–water partition coefficient (Wildman–Crippen LogP) is 4.79. The van der Waals surface area contributed by atoms with Crippen LogP contribution in [0.15, 0.2) is 66.7 Å². The summed E-state index contributed by atoms with van der Waals surface area (Å²) in [5, 5.41) is 0. The van der Waals surface area contributed by atoms with Gasteiger partial charge in [0.2, 0.25) is 0 Å². The second-order valence-electron chi connectivity index (χ2n) is 5.81. The summed E-state index contributed by atoms with van der Waals surface area (Å²) >= 11 is 0. The molecule has 0 fully saturated rings. The Bertz CT molecular complexity index is 852. The monoisotopic (exact) mass is 300 g/mol. The molecule has 0 saturated carbocycles. The molecule has 0 atom stereocenters. The van der Waals surface area contributed by atoms with Crippen LogP contribution in [0.5, 0.6) is 11.5 Å². The highest BCUT2D eigenvalue weighted by atomic mass is 16.6. The van der Waals surface area contributed by atoms with Crippen molar-refractivity contribution in [2.75, 3.05) is 0 Å². The van der Waals surface area contributed by atoms with Crippen molar-refractivity contribution >= 4 is 6.29 Å². The summed E-state index contributed by atoms with van der Waals surface area (Å²) in [7, 11) is 0. The molecular formula is C21H16O2. The maximum Gasteiger partial charge on any atom is 0.180 e. The lowest BCUT2D eigenvalue weighted by Crippen LogP contribution is -1.97. The van der Waals surface area contributed by atoms with Crippen LogP contribution in [0.25, 0.3) is 0 Å². The largest absolute Gasteiger partial charge is 0.448 e. The number of carbonyl (C=O) groups excluding carboxylic acids is 1. The number of benzene rings is 3. The van der Waals surface area contributed by atoms with E-state index in [-0.39, 0.29) is 0 Å². The molecule has 0 amide bonds. The molecule has 0 bridgehead atoms. The molecule has 0 aliphatic carbocycles. The topological polar surface area (TPSA) is 29.6 Å². The standard InChI is InChI=1S/C21H16O2/c22-14-18-13-17(11-15-7-3-1-4-8-15)19(21-20(18)23-21)12-16-9-5-2-6-10-16/h1-10,13-14H,11-12H2. The molecule has 3 aromatic rings. The van der Waals surface area contributed by atoms with Crippen molar-refractivity contribution in [2.45, 2.75) is 12.8 Å². The van der Waals surface area contributed by atoms with Crippen molar-refractivity contribution in [3.05, 3.63) is 94.5 Å². The van der Waals surface area contributed by atoms with E-state index in [4.69, 9.17) is 4.74 Å². The number of carbonyl (C=O) groups is 1. The molecule has 3 aromatic carbocycles. The summed E-state index contributed by atoms with van der Waals surface area (Å²) in [6, 6.07) is 22.6. The van der Waals surface area contributed by atoms with E-state index in [1.54, 1.807) is 0 Å². The minimum absolute atomic E-state index is 0.655. The van der Waals surface area contributed by atoms with Gasteiger partial charge in [-0.05, 0) is 29.2 Å². The number of ether oxygens (including phenoxy) is 1. The molecule has 0 spiro atoms. The maximum atomic E-state index is 11.3. The maximum absolute atomic E-state index is 11.3. The summed E-state index contributed by atoms with van der Waals surface area (Å²) < 4.78 is 5.61. The third-order valence-electron chi connectivity index (χ3n) is 4.21. The van der Waals surface area contributed by atoms with Gasteiger partial charge in [-0.3, -0.25) is 4.79 Å². The van der Waals surface area contributed by atoms with E-state index >= 15 is 0 Å². The molecule has 1 aliphatic heterocycles. The van der Waals surface area contributed by atoms with Gasteiger partial charge in [0.05, 0.1) is 5.56 Å². The fourth-order valence-corrected chi connectivity index (χ4v) is 3.01. The highest BCUT2D eigenvalue weighted by molar-refractivity contribution is 5.87. The zero-order chi connectivity index (χ0) is 15.6. The van der Waals surface area contributed by atoms with E-state index in [0.717, 1.165) is 30.6 Å². The molecule has 2 heteroatoms. The van der Waals surface area contributed by atoms with Crippen LogP contribution >= 0.6 is 0 Å². The summed E-state index contributed by atoms with van der Waals surface area (Å²) in [6.45, 7) is 0. The Kier molecular flexibility index (Phi) is 3.43. The average Bonchev–Trinajstić information content (AvgIpc) is 3.39. The number of aldehydes is 1. The van der Waals surface area contributed by atoms with E-state index in [9.17, 15) is 4.79 Å². The normalized spacial score (nSPS) is 11.5. The van der Waals surface area contributed by atoms with Crippen LogP contribution in [0.4, 0.5) is 0 Å². The number of hydrogen-bond donors (Lipinski definition) is 0. The first kappa shape index (κ1) is 13.8. The van der Waals surface area contributed by atoms with Crippen LogP contribution in [-0.2, 0) is 12.8 Å². The van der Waals surface area contributed by atoms with Gasteiger partial charge >= 0.3 is 0 Å². The second kappa shape index (κ2) is 5.73. The molecule has 1 heterocycles. The van der Waals surface area contributed by atoms with E-state index < -0.39 is 0 Å². The minimum Gasteiger partial charge on any atom is -0.448 e. The van der Waals surface area contributed by atoms with E-state index in [1.165, 1.54) is 22.3 Å². The van der Waals surface area contributed by atoms with Gasteiger partial charge in [-0.25, -0.2) is 0 Å². The second-order valence-corrected chi connectivity index (χ2v) is 5.81. The molecule has 4 rings (SSSR count). The lowest BCUT2D eigenvalue weighted by Gasteiger charge is -2.09. The highest BCUT2D eigenvalue weighted by Gasteiger charge is 2.31. The number of rotatable bonds is 5. The third-order valence-corrected chi connectivity index (χ3v) is 4.21. The first-order valence-electron chi connectivity index (χ1n) is 7.75.